The molecule has 0 radical (unpaired) electrons. The molecule has 42 heavy (non-hydrogen) atoms. The molecule has 0 aromatic heterocycles. The van der Waals surface area contributed by atoms with E-state index in [-0.39, 0.29) is 30.8 Å². The number of esters is 1. The summed E-state index contributed by atoms with van der Waals surface area (Å²) in [5.41, 5.74) is -5.47. The summed E-state index contributed by atoms with van der Waals surface area (Å²) in [7, 11) is 1.41. The lowest BCUT2D eigenvalue weighted by molar-refractivity contribution is -0.194. The van der Waals surface area contributed by atoms with Gasteiger partial charge in [-0.05, 0) is 62.5 Å². The minimum Gasteiger partial charge on any atom is -0.456 e. The highest BCUT2D eigenvalue weighted by Crippen LogP contribution is 2.74. The fourth-order valence-electron chi connectivity index (χ4n) is 9.64. The molecule has 0 spiro atoms. The average Bonchev–Trinajstić information content (AvgIpc) is 3.09. The molecule has 0 heterocycles. The summed E-state index contributed by atoms with van der Waals surface area (Å²) in [6.45, 7) is 13.4. The lowest BCUT2D eigenvalue weighted by Gasteiger charge is -2.65. The Hall–Kier alpha value is -2.20. The predicted octanol–water partition coefficient (Wildman–Crippen LogP) is 3.13. The van der Waals surface area contributed by atoms with Gasteiger partial charge in [-0.15, -0.1) is 0 Å². The van der Waals surface area contributed by atoms with Crippen LogP contribution in [0.3, 0.4) is 0 Å². The molecule has 3 fully saturated rings. The molecule has 9 nitrogen and oxygen atoms in total. The van der Waals surface area contributed by atoms with Gasteiger partial charge in [-0.2, -0.15) is 0 Å². The third-order valence-corrected chi connectivity index (χ3v) is 12.0. The van der Waals surface area contributed by atoms with Gasteiger partial charge in [0.05, 0.1) is 18.1 Å². The molecule has 0 aromatic carbocycles. The van der Waals surface area contributed by atoms with Crippen LogP contribution in [0, 0.1) is 39.4 Å². The van der Waals surface area contributed by atoms with Crippen molar-refractivity contribution in [2.24, 2.45) is 39.4 Å². The Kier molecular flexibility index (Phi) is 7.93. The average molecular weight is 589 g/mol. The van der Waals surface area contributed by atoms with Crippen molar-refractivity contribution in [1.82, 2.24) is 0 Å². The lowest BCUT2D eigenvalue weighted by atomic mass is 9.38. The van der Waals surface area contributed by atoms with Crippen LogP contribution in [0.2, 0.25) is 0 Å². The topological polar surface area (TPSA) is 147 Å². The molecular weight excluding hydrogens is 540 g/mol. The van der Waals surface area contributed by atoms with Crippen LogP contribution >= 0.6 is 0 Å². The SMILES string of the molecule is COC(C)(C(=O)C=CC(C)(C)OC(C)=O)C1C(O)CC2(C)C3CC=C4C(CC(=O)C(O)C4(C)C)C3(CO)C(=O)CC12C. The molecule has 234 valence electrons. The number of aliphatic hydroxyl groups is 3. The molecule has 9 unspecified atom stereocenters. The molecule has 4 aliphatic rings. The maximum atomic E-state index is 14.5. The number of carbonyl (C=O) groups is 4. The van der Waals surface area contributed by atoms with Gasteiger partial charge in [0.25, 0.3) is 0 Å². The third-order valence-electron chi connectivity index (χ3n) is 12.0. The first kappa shape index (κ1) is 32.7. The van der Waals surface area contributed by atoms with Crippen molar-refractivity contribution in [3.8, 4) is 0 Å². The minimum absolute atomic E-state index is 0.0157. The van der Waals surface area contributed by atoms with Gasteiger partial charge < -0.3 is 24.8 Å². The second kappa shape index (κ2) is 10.2. The molecule has 3 N–H and O–H groups in total. The van der Waals surface area contributed by atoms with Crippen molar-refractivity contribution in [3.63, 3.8) is 0 Å². The van der Waals surface area contributed by atoms with Crippen molar-refractivity contribution in [1.29, 1.82) is 0 Å². The smallest absolute Gasteiger partial charge is 0.303 e. The number of ketones is 3. The van der Waals surface area contributed by atoms with Gasteiger partial charge in [-0.1, -0.05) is 39.3 Å². The summed E-state index contributed by atoms with van der Waals surface area (Å²) in [6, 6.07) is 0. The van der Waals surface area contributed by atoms with Crippen molar-refractivity contribution in [2.75, 3.05) is 13.7 Å². The molecule has 0 bridgehead atoms. The number of fused-ring (bicyclic) bond motifs is 5. The van der Waals surface area contributed by atoms with Crippen LogP contribution < -0.4 is 0 Å². The zero-order chi connectivity index (χ0) is 31.8. The zero-order valence-corrected chi connectivity index (χ0v) is 26.4. The van der Waals surface area contributed by atoms with Gasteiger partial charge in [0.15, 0.2) is 11.6 Å². The molecule has 3 saturated carbocycles. The Balaban J connectivity index is 1.81. The Morgan fingerprint density at radius 3 is 2.26 bits per heavy atom. The summed E-state index contributed by atoms with van der Waals surface area (Å²) < 4.78 is 11.2. The van der Waals surface area contributed by atoms with E-state index >= 15 is 0 Å². The Morgan fingerprint density at radius 1 is 1.10 bits per heavy atom. The predicted molar refractivity (Wildman–Crippen MR) is 154 cm³/mol. The highest BCUT2D eigenvalue weighted by molar-refractivity contribution is 5.98. The van der Waals surface area contributed by atoms with Gasteiger partial charge in [0.2, 0.25) is 0 Å². The summed E-state index contributed by atoms with van der Waals surface area (Å²) in [5.74, 6) is -3.19. The quantitative estimate of drug-likeness (QED) is 0.232. The Bertz CT molecular complexity index is 1250. The van der Waals surface area contributed by atoms with E-state index in [0.29, 0.717) is 6.42 Å². The van der Waals surface area contributed by atoms with Crippen LogP contribution in [-0.4, -0.2) is 75.8 Å². The van der Waals surface area contributed by atoms with Crippen LogP contribution in [-0.2, 0) is 28.7 Å². The largest absolute Gasteiger partial charge is 0.456 e. The van der Waals surface area contributed by atoms with Crippen molar-refractivity contribution >= 4 is 23.3 Å². The fraction of sp³-hybridized carbons (Fsp3) is 0.758. The number of ether oxygens (including phenoxy) is 2. The van der Waals surface area contributed by atoms with Gasteiger partial charge in [-0.3, -0.25) is 19.2 Å². The van der Waals surface area contributed by atoms with Gasteiger partial charge in [0.1, 0.15) is 23.1 Å². The van der Waals surface area contributed by atoms with Crippen molar-refractivity contribution < 1.29 is 44.0 Å². The second-order valence-electron chi connectivity index (χ2n) is 14.9. The minimum atomic E-state index is -1.52. The van der Waals surface area contributed by atoms with E-state index in [9.17, 15) is 34.5 Å². The standard InChI is InChI=1S/C33H48O9/c1-18(35)42-28(2,3)13-12-24(38)32(8,41-9)26-22(37)15-30(6)23-11-10-19-20(14-21(36)27(40)29(19,4)5)33(23,17-34)25(39)16-31(26,30)7/h10,12-13,20,22-23,26-27,34,37,40H,11,14-17H2,1-9H3. The molecule has 4 rings (SSSR count). The Labute approximate surface area is 248 Å². The summed E-state index contributed by atoms with van der Waals surface area (Å²) in [6.07, 6.45) is 3.32. The normalized spacial score (nSPS) is 41.0. The molecular formula is C33H48O9. The third kappa shape index (κ3) is 4.32. The highest BCUT2D eigenvalue weighted by atomic mass is 16.6. The van der Waals surface area contributed by atoms with Crippen LogP contribution in [0.4, 0.5) is 0 Å². The fourth-order valence-corrected chi connectivity index (χ4v) is 9.64. The summed E-state index contributed by atoms with van der Waals surface area (Å²) >= 11 is 0. The van der Waals surface area contributed by atoms with Crippen molar-refractivity contribution in [2.45, 2.75) is 104 Å². The van der Waals surface area contributed by atoms with E-state index in [4.69, 9.17) is 9.47 Å². The number of Topliss-reactive ketones (excluding diaryl/α,β-unsaturated/α-hetero) is 2. The number of hydrogen-bond donors (Lipinski definition) is 3. The maximum Gasteiger partial charge on any atom is 0.303 e. The summed E-state index contributed by atoms with van der Waals surface area (Å²) in [4.78, 5) is 52.9. The number of carbonyl (C=O) groups excluding carboxylic acids is 4. The van der Waals surface area contributed by atoms with Gasteiger partial charge in [-0.25, -0.2) is 0 Å². The van der Waals surface area contributed by atoms with E-state index in [0.717, 1.165) is 5.57 Å². The summed E-state index contributed by atoms with van der Waals surface area (Å²) in [5, 5.41) is 33.5. The van der Waals surface area contributed by atoms with Crippen molar-refractivity contribution in [3.05, 3.63) is 23.8 Å². The van der Waals surface area contributed by atoms with Crippen LogP contribution in [0.15, 0.2) is 23.8 Å². The molecule has 9 heteroatoms. The molecule has 4 aliphatic carbocycles. The first-order valence-electron chi connectivity index (χ1n) is 14.9. The molecule has 0 amide bonds. The Morgan fingerprint density at radius 2 is 1.71 bits per heavy atom. The van der Waals surface area contributed by atoms with E-state index < -0.39 is 81.2 Å². The maximum absolute atomic E-state index is 14.5. The lowest BCUT2D eigenvalue weighted by Crippen LogP contribution is -2.67. The van der Waals surface area contributed by atoms with Gasteiger partial charge >= 0.3 is 5.97 Å². The highest BCUT2D eigenvalue weighted by Gasteiger charge is 2.75. The number of aliphatic hydroxyl groups excluding tert-OH is 3. The second-order valence-corrected chi connectivity index (χ2v) is 14.9. The van der Waals surface area contributed by atoms with Crippen LogP contribution in [0.1, 0.15) is 81.1 Å². The van der Waals surface area contributed by atoms with E-state index in [2.05, 4.69) is 0 Å². The number of rotatable bonds is 7. The first-order valence-corrected chi connectivity index (χ1v) is 14.9. The monoisotopic (exact) mass is 588 g/mol. The van der Waals surface area contributed by atoms with Crippen LogP contribution in [0.5, 0.6) is 0 Å². The molecule has 0 aliphatic heterocycles. The first-order chi connectivity index (χ1) is 19.2. The van der Waals surface area contributed by atoms with E-state index in [1.807, 2.05) is 19.9 Å². The van der Waals surface area contributed by atoms with E-state index in [1.165, 1.54) is 26.2 Å². The molecule has 0 aromatic rings. The molecule has 0 saturated heterocycles. The number of allylic oxidation sites excluding steroid dienone is 1. The number of methoxy groups -OCH3 is 1. The zero-order valence-electron chi connectivity index (χ0n) is 26.4. The van der Waals surface area contributed by atoms with Crippen LogP contribution in [0.25, 0.3) is 0 Å². The number of hydrogen-bond acceptors (Lipinski definition) is 9. The van der Waals surface area contributed by atoms with Gasteiger partial charge in [0, 0.05) is 44.1 Å². The molecule has 9 atom stereocenters. The van der Waals surface area contributed by atoms with E-state index in [1.54, 1.807) is 34.6 Å².